The molecule has 3 atom stereocenters. The van der Waals surface area contributed by atoms with Crippen molar-refractivity contribution in [3.05, 3.63) is 0 Å². The van der Waals surface area contributed by atoms with E-state index < -0.39 is 17.5 Å². The van der Waals surface area contributed by atoms with Crippen LogP contribution in [0.1, 0.15) is 45.4 Å². The minimum atomic E-state index is -4.49. The summed E-state index contributed by atoms with van der Waals surface area (Å²) in [6.07, 6.45) is -0.0281. The molecule has 3 unspecified atom stereocenters. The molecule has 0 bridgehead atoms. The molecule has 0 aromatic rings. The van der Waals surface area contributed by atoms with Crippen molar-refractivity contribution < 1.29 is 18.0 Å². The summed E-state index contributed by atoms with van der Waals surface area (Å²) in [6.45, 7) is 2.10. The Morgan fingerprint density at radius 2 is 2.00 bits per heavy atom. The first-order valence-electron chi connectivity index (χ1n) is 7.43. The minimum Gasteiger partial charge on any atom is -0.353 e. The predicted molar refractivity (Wildman–Crippen MR) is 70.2 cm³/mol. The van der Waals surface area contributed by atoms with Gasteiger partial charge in [0.1, 0.15) is 0 Å². The summed E-state index contributed by atoms with van der Waals surface area (Å²) in [7, 11) is 0. The van der Waals surface area contributed by atoms with E-state index in [9.17, 15) is 18.0 Å². The van der Waals surface area contributed by atoms with Gasteiger partial charge in [0.2, 0.25) is 5.91 Å². The molecule has 2 fully saturated rings. The van der Waals surface area contributed by atoms with Crippen LogP contribution in [0.3, 0.4) is 0 Å². The van der Waals surface area contributed by atoms with Crippen LogP contribution in [0, 0.1) is 11.3 Å². The van der Waals surface area contributed by atoms with E-state index in [1.165, 1.54) is 0 Å². The zero-order valence-corrected chi connectivity index (χ0v) is 11.9. The second-order valence-corrected chi connectivity index (χ2v) is 6.29. The van der Waals surface area contributed by atoms with Crippen LogP contribution in [-0.2, 0) is 4.79 Å². The molecule has 2 N–H and O–H groups in total. The van der Waals surface area contributed by atoms with E-state index >= 15 is 0 Å². The molecule has 116 valence electrons. The van der Waals surface area contributed by atoms with E-state index in [4.69, 9.17) is 0 Å². The smallest absolute Gasteiger partial charge is 0.353 e. The van der Waals surface area contributed by atoms with Crippen molar-refractivity contribution in [2.24, 2.45) is 11.3 Å². The molecule has 0 aromatic heterocycles. The molecule has 0 spiro atoms. The van der Waals surface area contributed by atoms with Gasteiger partial charge >= 0.3 is 6.18 Å². The molecule has 1 saturated heterocycles. The SMILES string of the molecule is CC1CCCC(NC(=O)C2(C(F)(F)F)CCNC2)CC1. The number of nitrogens with one attached hydrogen (secondary N) is 2. The molecular weight excluding hydrogens is 269 g/mol. The molecule has 1 amide bonds. The summed E-state index contributed by atoms with van der Waals surface area (Å²) in [6, 6.07) is -0.104. The van der Waals surface area contributed by atoms with Crippen molar-refractivity contribution in [2.75, 3.05) is 13.1 Å². The Labute approximate surface area is 117 Å². The summed E-state index contributed by atoms with van der Waals surface area (Å²) < 4.78 is 39.8. The van der Waals surface area contributed by atoms with E-state index in [-0.39, 0.29) is 25.6 Å². The molecule has 0 aromatic carbocycles. The molecule has 2 aliphatic rings. The zero-order chi connectivity index (χ0) is 14.8. The number of carbonyl (C=O) groups excluding carboxylic acids is 1. The Morgan fingerprint density at radius 1 is 1.25 bits per heavy atom. The lowest BCUT2D eigenvalue weighted by atomic mass is 9.84. The molecule has 6 heteroatoms. The third kappa shape index (κ3) is 3.10. The van der Waals surface area contributed by atoms with Crippen LogP contribution in [0.25, 0.3) is 0 Å². The summed E-state index contributed by atoms with van der Waals surface area (Å²) in [5, 5.41) is 5.35. The summed E-state index contributed by atoms with van der Waals surface area (Å²) in [5.74, 6) is -0.240. The average Bonchev–Trinajstić information content (AvgIpc) is 2.78. The maximum atomic E-state index is 13.3. The topological polar surface area (TPSA) is 41.1 Å². The molecule has 1 aliphatic carbocycles. The second-order valence-electron chi connectivity index (χ2n) is 6.29. The maximum absolute atomic E-state index is 13.3. The summed E-state index contributed by atoms with van der Waals surface area (Å²) in [5.41, 5.74) is -2.23. The van der Waals surface area contributed by atoms with Gasteiger partial charge in [-0.25, -0.2) is 0 Å². The Kier molecular flexibility index (Phi) is 4.62. The van der Waals surface area contributed by atoms with E-state index in [1.54, 1.807) is 0 Å². The van der Waals surface area contributed by atoms with Crippen molar-refractivity contribution in [3.8, 4) is 0 Å². The lowest BCUT2D eigenvalue weighted by molar-refractivity contribution is -0.216. The minimum absolute atomic E-state index is 0.104. The van der Waals surface area contributed by atoms with Gasteiger partial charge < -0.3 is 10.6 Å². The van der Waals surface area contributed by atoms with Gasteiger partial charge in [-0.1, -0.05) is 19.8 Å². The molecule has 1 saturated carbocycles. The van der Waals surface area contributed by atoms with Crippen molar-refractivity contribution in [3.63, 3.8) is 0 Å². The third-order valence-electron chi connectivity index (χ3n) is 4.73. The number of alkyl halides is 3. The predicted octanol–water partition coefficient (Wildman–Crippen LogP) is 2.61. The Morgan fingerprint density at radius 3 is 2.60 bits per heavy atom. The first-order chi connectivity index (χ1) is 9.35. The molecule has 2 rings (SSSR count). The number of hydrogen-bond donors (Lipinski definition) is 2. The van der Waals surface area contributed by atoms with Gasteiger partial charge in [-0.3, -0.25) is 4.79 Å². The lowest BCUT2D eigenvalue weighted by Crippen LogP contribution is -2.54. The fourth-order valence-electron chi connectivity index (χ4n) is 3.21. The van der Waals surface area contributed by atoms with Crippen LogP contribution >= 0.6 is 0 Å². The fraction of sp³-hybridized carbons (Fsp3) is 0.929. The molecule has 3 nitrogen and oxygen atoms in total. The summed E-state index contributed by atoms with van der Waals surface area (Å²) >= 11 is 0. The molecule has 20 heavy (non-hydrogen) atoms. The molecule has 0 radical (unpaired) electrons. The monoisotopic (exact) mass is 292 g/mol. The van der Waals surface area contributed by atoms with Gasteiger partial charge in [0.25, 0.3) is 0 Å². The highest BCUT2D eigenvalue weighted by atomic mass is 19.4. The first-order valence-corrected chi connectivity index (χ1v) is 7.43. The second kappa shape index (κ2) is 5.92. The van der Waals surface area contributed by atoms with Gasteiger partial charge in [-0.05, 0) is 38.1 Å². The highest BCUT2D eigenvalue weighted by Gasteiger charge is 2.61. The van der Waals surface area contributed by atoms with Gasteiger partial charge in [0, 0.05) is 12.6 Å². The van der Waals surface area contributed by atoms with Crippen LogP contribution in [0.15, 0.2) is 0 Å². The molecule has 1 heterocycles. The first kappa shape index (κ1) is 15.6. The lowest BCUT2D eigenvalue weighted by Gasteiger charge is -2.31. The Hall–Kier alpha value is -0.780. The van der Waals surface area contributed by atoms with Gasteiger partial charge in [-0.15, -0.1) is 0 Å². The Bertz CT molecular complexity index is 351. The molecule has 1 aliphatic heterocycles. The standard InChI is InChI=1S/C14H23F3N2O/c1-10-3-2-4-11(6-5-10)19-12(20)13(14(15,16)17)7-8-18-9-13/h10-11,18H,2-9H2,1H3,(H,19,20). The normalized spacial score (nSPS) is 35.6. The number of halogens is 3. The highest BCUT2D eigenvalue weighted by Crippen LogP contribution is 2.43. The highest BCUT2D eigenvalue weighted by molar-refractivity contribution is 5.84. The van der Waals surface area contributed by atoms with Crippen LogP contribution in [-0.4, -0.2) is 31.2 Å². The van der Waals surface area contributed by atoms with Crippen LogP contribution in [0.2, 0.25) is 0 Å². The van der Waals surface area contributed by atoms with Gasteiger partial charge in [0.15, 0.2) is 5.41 Å². The maximum Gasteiger partial charge on any atom is 0.404 e. The Balaban J connectivity index is 2.02. The van der Waals surface area contributed by atoms with E-state index in [0.717, 1.165) is 32.1 Å². The summed E-state index contributed by atoms with van der Waals surface area (Å²) in [4.78, 5) is 12.2. The number of hydrogen-bond acceptors (Lipinski definition) is 2. The number of rotatable bonds is 2. The van der Waals surface area contributed by atoms with Crippen LogP contribution in [0.4, 0.5) is 13.2 Å². The van der Waals surface area contributed by atoms with E-state index in [0.29, 0.717) is 5.92 Å². The van der Waals surface area contributed by atoms with Crippen LogP contribution in [0.5, 0.6) is 0 Å². The van der Waals surface area contributed by atoms with Crippen molar-refractivity contribution in [1.82, 2.24) is 10.6 Å². The van der Waals surface area contributed by atoms with Crippen LogP contribution < -0.4 is 10.6 Å². The number of amides is 1. The van der Waals surface area contributed by atoms with Gasteiger partial charge in [0.05, 0.1) is 0 Å². The fourth-order valence-corrected chi connectivity index (χ4v) is 3.21. The van der Waals surface area contributed by atoms with Crippen molar-refractivity contribution >= 4 is 5.91 Å². The van der Waals surface area contributed by atoms with Crippen molar-refractivity contribution in [2.45, 2.75) is 57.7 Å². The van der Waals surface area contributed by atoms with Crippen molar-refractivity contribution in [1.29, 1.82) is 0 Å². The van der Waals surface area contributed by atoms with E-state index in [2.05, 4.69) is 17.6 Å². The quantitative estimate of drug-likeness (QED) is 0.768. The number of carbonyl (C=O) groups is 1. The van der Waals surface area contributed by atoms with E-state index in [1.807, 2.05) is 0 Å². The third-order valence-corrected chi connectivity index (χ3v) is 4.73. The largest absolute Gasteiger partial charge is 0.404 e. The average molecular weight is 292 g/mol. The van der Waals surface area contributed by atoms with Gasteiger partial charge in [-0.2, -0.15) is 13.2 Å². The zero-order valence-electron chi connectivity index (χ0n) is 11.9. The molecular formula is C14H23F3N2O.